The lowest BCUT2D eigenvalue weighted by Crippen LogP contribution is -2.57. The summed E-state index contributed by atoms with van der Waals surface area (Å²) in [5.74, 6) is 0.809. The summed E-state index contributed by atoms with van der Waals surface area (Å²) in [5, 5.41) is 11.1. The Balaban J connectivity index is 2.20. The summed E-state index contributed by atoms with van der Waals surface area (Å²) in [4.78, 5) is 2.33. The van der Waals surface area contributed by atoms with Crippen LogP contribution >= 0.6 is 11.6 Å². The van der Waals surface area contributed by atoms with Gasteiger partial charge < -0.3 is 5.11 Å². The van der Waals surface area contributed by atoms with E-state index < -0.39 is 0 Å². The van der Waals surface area contributed by atoms with E-state index in [4.69, 9.17) is 11.6 Å². The van der Waals surface area contributed by atoms with Gasteiger partial charge in [-0.2, -0.15) is 0 Å². The second kappa shape index (κ2) is 7.68. The van der Waals surface area contributed by atoms with E-state index in [0.717, 1.165) is 38.8 Å². The van der Waals surface area contributed by atoms with Crippen LogP contribution in [0.2, 0.25) is 0 Å². The quantitative estimate of drug-likeness (QED) is 0.524. The fourth-order valence-electron chi connectivity index (χ4n) is 5.03. The SMILES string of the molecule is CC[C@]1(C2=CCC(Cl)CC2)CCN(C(O)[C@H](C)C(C)C)CC1(C)C. The van der Waals surface area contributed by atoms with Crippen LogP contribution in [0.25, 0.3) is 0 Å². The molecule has 0 aromatic rings. The van der Waals surface area contributed by atoms with Crippen molar-refractivity contribution in [3.8, 4) is 0 Å². The van der Waals surface area contributed by atoms with E-state index in [-0.39, 0.29) is 17.1 Å². The lowest BCUT2D eigenvalue weighted by molar-refractivity contribution is -0.113. The molecule has 1 aliphatic heterocycles. The largest absolute Gasteiger partial charge is 0.378 e. The van der Waals surface area contributed by atoms with Crippen LogP contribution in [0.5, 0.6) is 0 Å². The molecule has 24 heavy (non-hydrogen) atoms. The molecule has 0 bridgehead atoms. The molecule has 1 saturated heterocycles. The predicted molar refractivity (Wildman–Crippen MR) is 104 cm³/mol. The molecule has 140 valence electrons. The van der Waals surface area contributed by atoms with Crippen molar-refractivity contribution in [1.82, 2.24) is 4.90 Å². The highest BCUT2D eigenvalue weighted by Crippen LogP contribution is 2.55. The van der Waals surface area contributed by atoms with E-state index in [2.05, 4.69) is 52.5 Å². The van der Waals surface area contributed by atoms with Crippen LogP contribution in [0, 0.1) is 22.7 Å². The summed E-state index contributed by atoms with van der Waals surface area (Å²) in [6.07, 6.45) is 7.73. The van der Waals surface area contributed by atoms with Gasteiger partial charge in [0.15, 0.2) is 0 Å². The van der Waals surface area contributed by atoms with Crippen LogP contribution in [0.3, 0.4) is 0 Å². The van der Waals surface area contributed by atoms with Crippen LogP contribution in [-0.2, 0) is 0 Å². The zero-order valence-corrected chi connectivity index (χ0v) is 17.4. The monoisotopic (exact) mass is 355 g/mol. The summed E-state index contributed by atoms with van der Waals surface area (Å²) < 4.78 is 0. The first-order valence-corrected chi connectivity index (χ1v) is 10.3. The smallest absolute Gasteiger partial charge is 0.110 e. The summed E-state index contributed by atoms with van der Waals surface area (Å²) >= 11 is 6.32. The third-order valence-electron chi connectivity index (χ3n) is 7.18. The Morgan fingerprint density at radius 1 is 1.33 bits per heavy atom. The summed E-state index contributed by atoms with van der Waals surface area (Å²) in [6, 6.07) is 0. The highest BCUT2D eigenvalue weighted by Gasteiger charge is 2.50. The number of halogens is 1. The Morgan fingerprint density at radius 2 is 2.00 bits per heavy atom. The van der Waals surface area contributed by atoms with E-state index in [1.54, 1.807) is 5.57 Å². The number of alkyl halides is 1. The first-order valence-electron chi connectivity index (χ1n) is 9.90. The van der Waals surface area contributed by atoms with E-state index >= 15 is 0 Å². The van der Waals surface area contributed by atoms with Crippen molar-refractivity contribution in [2.75, 3.05) is 13.1 Å². The van der Waals surface area contributed by atoms with Crippen molar-refractivity contribution in [3.05, 3.63) is 11.6 Å². The molecule has 1 fully saturated rings. The van der Waals surface area contributed by atoms with Crippen LogP contribution in [0.1, 0.15) is 73.6 Å². The summed E-state index contributed by atoms with van der Waals surface area (Å²) in [7, 11) is 0. The van der Waals surface area contributed by atoms with Gasteiger partial charge in [-0.05, 0) is 54.8 Å². The molecule has 0 radical (unpaired) electrons. The second-order valence-electron chi connectivity index (χ2n) is 9.16. The van der Waals surface area contributed by atoms with Gasteiger partial charge in [-0.15, -0.1) is 11.6 Å². The standard InChI is InChI=1S/C21H38ClNO/c1-7-21(17-8-10-18(22)11-9-17)12-13-23(14-20(21,5)6)19(24)16(4)15(2)3/h8,15-16,18-19,24H,7,9-14H2,1-6H3/t16-,18?,19?,21-/m1/s1. The molecular weight excluding hydrogens is 318 g/mol. The lowest BCUT2D eigenvalue weighted by Gasteiger charge is -2.56. The van der Waals surface area contributed by atoms with Crippen LogP contribution < -0.4 is 0 Å². The van der Waals surface area contributed by atoms with Crippen molar-refractivity contribution in [3.63, 3.8) is 0 Å². The molecule has 0 aromatic heterocycles. The van der Waals surface area contributed by atoms with Crippen molar-refractivity contribution >= 4 is 11.6 Å². The molecular formula is C21H38ClNO. The normalized spacial score (nSPS) is 34.0. The Labute approximate surface area is 154 Å². The molecule has 1 heterocycles. The Kier molecular flexibility index (Phi) is 6.48. The van der Waals surface area contributed by atoms with Crippen molar-refractivity contribution in [1.29, 1.82) is 0 Å². The van der Waals surface area contributed by atoms with Crippen molar-refractivity contribution < 1.29 is 5.11 Å². The number of aliphatic hydroxyl groups is 1. The number of piperidine rings is 1. The van der Waals surface area contributed by atoms with E-state index in [9.17, 15) is 5.11 Å². The van der Waals surface area contributed by atoms with E-state index in [1.807, 2.05) is 0 Å². The maximum Gasteiger partial charge on any atom is 0.110 e. The predicted octanol–water partition coefficient (Wildman–Crippen LogP) is 5.44. The molecule has 2 aliphatic rings. The maximum atomic E-state index is 10.8. The number of nitrogens with zero attached hydrogens (tertiary/aromatic N) is 1. The Morgan fingerprint density at radius 3 is 2.46 bits per heavy atom. The number of allylic oxidation sites excluding steroid dienone is 2. The van der Waals surface area contributed by atoms with Crippen molar-refractivity contribution in [2.24, 2.45) is 22.7 Å². The number of hydrogen-bond donors (Lipinski definition) is 1. The van der Waals surface area contributed by atoms with Crippen LogP contribution in [-0.4, -0.2) is 34.7 Å². The minimum Gasteiger partial charge on any atom is -0.378 e. The van der Waals surface area contributed by atoms with Gasteiger partial charge >= 0.3 is 0 Å². The van der Waals surface area contributed by atoms with Gasteiger partial charge in [0.1, 0.15) is 6.23 Å². The molecule has 0 aromatic carbocycles. The van der Waals surface area contributed by atoms with Gasteiger partial charge in [0.05, 0.1) is 0 Å². The highest BCUT2D eigenvalue weighted by atomic mass is 35.5. The lowest BCUT2D eigenvalue weighted by atomic mass is 9.55. The molecule has 0 spiro atoms. The fraction of sp³-hybridized carbons (Fsp3) is 0.905. The topological polar surface area (TPSA) is 23.5 Å². The Bertz CT molecular complexity index is 459. The fourth-order valence-corrected chi connectivity index (χ4v) is 5.23. The van der Waals surface area contributed by atoms with E-state index in [1.165, 1.54) is 6.42 Å². The van der Waals surface area contributed by atoms with Gasteiger partial charge in [0, 0.05) is 18.5 Å². The minimum absolute atomic E-state index is 0.169. The molecule has 2 rings (SSSR count). The molecule has 1 N–H and O–H groups in total. The number of likely N-dealkylation sites (tertiary alicyclic amines) is 1. The zero-order chi connectivity index (χ0) is 18.1. The molecule has 4 atom stereocenters. The number of rotatable bonds is 5. The van der Waals surface area contributed by atoms with Gasteiger partial charge in [0.25, 0.3) is 0 Å². The maximum absolute atomic E-state index is 10.8. The number of aliphatic hydroxyl groups excluding tert-OH is 1. The third kappa shape index (κ3) is 3.71. The van der Waals surface area contributed by atoms with Gasteiger partial charge in [-0.25, -0.2) is 0 Å². The molecule has 2 nitrogen and oxygen atoms in total. The van der Waals surface area contributed by atoms with Gasteiger partial charge in [-0.3, -0.25) is 4.90 Å². The van der Waals surface area contributed by atoms with Crippen LogP contribution in [0.4, 0.5) is 0 Å². The number of hydrogen-bond acceptors (Lipinski definition) is 2. The highest BCUT2D eigenvalue weighted by molar-refractivity contribution is 6.20. The zero-order valence-electron chi connectivity index (χ0n) is 16.6. The first kappa shape index (κ1) is 20.3. The molecule has 1 aliphatic carbocycles. The average molecular weight is 356 g/mol. The van der Waals surface area contributed by atoms with E-state index in [0.29, 0.717) is 17.2 Å². The van der Waals surface area contributed by atoms with Crippen molar-refractivity contribution in [2.45, 2.75) is 85.3 Å². The summed E-state index contributed by atoms with van der Waals surface area (Å²) in [5.41, 5.74) is 2.07. The second-order valence-corrected chi connectivity index (χ2v) is 9.78. The summed E-state index contributed by atoms with van der Waals surface area (Å²) in [6.45, 7) is 15.7. The molecule has 0 amide bonds. The van der Waals surface area contributed by atoms with Gasteiger partial charge in [0.2, 0.25) is 0 Å². The van der Waals surface area contributed by atoms with Crippen LogP contribution in [0.15, 0.2) is 11.6 Å². The Hall–Kier alpha value is -0.0500. The molecule has 2 unspecified atom stereocenters. The molecule has 0 saturated carbocycles. The first-order chi connectivity index (χ1) is 11.1. The molecule has 3 heteroatoms. The average Bonchev–Trinajstić information content (AvgIpc) is 2.53. The van der Waals surface area contributed by atoms with Gasteiger partial charge in [-0.1, -0.05) is 53.2 Å². The third-order valence-corrected chi connectivity index (χ3v) is 7.58. The minimum atomic E-state index is -0.327.